The van der Waals surface area contributed by atoms with Crippen molar-refractivity contribution in [3.8, 4) is 0 Å². The molecule has 0 atom stereocenters. The molecular formula is C26H32FN5O3. The second kappa shape index (κ2) is 11.2. The first-order valence-corrected chi connectivity index (χ1v) is 12.2. The Balaban J connectivity index is 1.48. The maximum Gasteiger partial charge on any atom is 0.322 e. The molecule has 8 nitrogen and oxygen atoms in total. The van der Waals surface area contributed by atoms with Crippen LogP contribution >= 0.6 is 0 Å². The van der Waals surface area contributed by atoms with Gasteiger partial charge < -0.3 is 25.3 Å². The van der Waals surface area contributed by atoms with Crippen molar-refractivity contribution < 1.29 is 18.8 Å². The summed E-state index contributed by atoms with van der Waals surface area (Å²) in [6, 6.07) is 11.2. The zero-order chi connectivity index (χ0) is 24.8. The molecule has 0 aromatic heterocycles. The lowest BCUT2D eigenvalue weighted by molar-refractivity contribution is -0.115. The monoisotopic (exact) mass is 481 g/mol. The summed E-state index contributed by atoms with van der Waals surface area (Å²) in [5, 5.41) is 5.48. The van der Waals surface area contributed by atoms with Gasteiger partial charge in [0.2, 0.25) is 5.91 Å². The van der Waals surface area contributed by atoms with Gasteiger partial charge in [-0.2, -0.15) is 0 Å². The van der Waals surface area contributed by atoms with E-state index >= 15 is 0 Å². The first-order valence-electron chi connectivity index (χ1n) is 12.2. The Hall–Kier alpha value is -3.62. The number of anilines is 3. The van der Waals surface area contributed by atoms with Crippen molar-refractivity contribution >= 4 is 34.9 Å². The molecule has 0 bridgehead atoms. The second-order valence-corrected chi connectivity index (χ2v) is 8.87. The van der Waals surface area contributed by atoms with Crippen molar-refractivity contribution in [2.24, 2.45) is 0 Å². The number of rotatable bonds is 5. The fraction of sp³-hybridized carbons (Fsp3) is 0.423. The molecule has 9 heteroatoms. The smallest absolute Gasteiger partial charge is 0.322 e. The molecule has 0 spiro atoms. The van der Waals surface area contributed by atoms with Crippen molar-refractivity contribution in [2.45, 2.75) is 32.6 Å². The second-order valence-electron chi connectivity index (χ2n) is 8.87. The van der Waals surface area contributed by atoms with Crippen LogP contribution in [0.2, 0.25) is 0 Å². The number of nitrogens with one attached hydrogen (secondary N) is 2. The van der Waals surface area contributed by atoms with Crippen LogP contribution in [0.1, 0.15) is 43.0 Å². The van der Waals surface area contributed by atoms with Crippen LogP contribution < -0.4 is 15.5 Å². The largest absolute Gasteiger partial charge is 0.367 e. The number of piperidine rings is 1. The van der Waals surface area contributed by atoms with E-state index in [1.165, 1.54) is 12.1 Å². The van der Waals surface area contributed by atoms with E-state index in [0.29, 0.717) is 43.9 Å². The third kappa shape index (κ3) is 5.90. The maximum atomic E-state index is 13.9. The first-order chi connectivity index (χ1) is 17.0. The minimum absolute atomic E-state index is 0.0352. The maximum absolute atomic E-state index is 13.9. The molecule has 0 unspecified atom stereocenters. The minimum atomic E-state index is -0.476. The van der Waals surface area contributed by atoms with E-state index in [0.717, 1.165) is 38.0 Å². The topological polar surface area (TPSA) is 85.0 Å². The first kappa shape index (κ1) is 24.5. The molecule has 4 amide bonds. The van der Waals surface area contributed by atoms with Crippen molar-refractivity contribution in [1.29, 1.82) is 0 Å². The molecule has 2 fully saturated rings. The summed E-state index contributed by atoms with van der Waals surface area (Å²) in [6.07, 6.45) is 3.46. The summed E-state index contributed by atoms with van der Waals surface area (Å²) >= 11 is 0. The molecule has 186 valence electrons. The van der Waals surface area contributed by atoms with Gasteiger partial charge in [-0.1, -0.05) is 19.1 Å². The molecule has 35 heavy (non-hydrogen) atoms. The molecule has 0 aliphatic carbocycles. The lowest BCUT2D eigenvalue weighted by Gasteiger charge is -2.37. The van der Waals surface area contributed by atoms with Crippen LogP contribution in [0.15, 0.2) is 42.5 Å². The quantitative estimate of drug-likeness (QED) is 0.672. The number of halogens is 1. The summed E-state index contributed by atoms with van der Waals surface area (Å²) in [5.74, 6) is -0.619. The molecule has 2 aliphatic heterocycles. The molecular weight excluding hydrogens is 449 g/mol. The van der Waals surface area contributed by atoms with Crippen molar-refractivity contribution in [2.75, 3.05) is 54.8 Å². The standard InChI is InChI=1S/C26H32FN5O3/c1-2-24(33)28-19-10-11-23(20(18-19)25(34)31-12-6-3-7-13-31)30-14-16-32(17-15-30)26(35)29-22-9-5-4-8-21(22)27/h4-5,8-11,18H,2-3,6-7,12-17H2,1H3,(H,28,33)(H,29,35). The van der Waals surface area contributed by atoms with Gasteiger partial charge in [0.15, 0.2) is 0 Å². The van der Waals surface area contributed by atoms with Crippen LogP contribution in [0.25, 0.3) is 0 Å². The van der Waals surface area contributed by atoms with Crippen LogP contribution in [-0.2, 0) is 4.79 Å². The van der Waals surface area contributed by atoms with Gasteiger partial charge in [-0.3, -0.25) is 9.59 Å². The highest BCUT2D eigenvalue weighted by Gasteiger charge is 2.27. The number of carbonyl (C=O) groups is 3. The Labute approximate surface area is 205 Å². The van der Waals surface area contributed by atoms with Gasteiger partial charge in [-0.25, -0.2) is 9.18 Å². The van der Waals surface area contributed by atoms with E-state index in [-0.39, 0.29) is 23.5 Å². The highest BCUT2D eigenvalue weighted by atomic mass is 19.1. The van der Waals surface area contributed by atoms with Crippen LogP contribution in [0.3, 0.4) is 0 Å². The Morgan fingerprint density at radius 1 is 0.857 bits per heavy atom. The van der Waals surface area contributed by atoms with Gasteiger partial charge >= 0.3 is 6.03 Å². The predicted octanol–water partition coefficient (Wildman–Crippen LogP) is 4.15. The van der Waals surface area contributed by atoms with Gasteiger partial charge in [-0.05, 0) is 49.6 Å². The normalized spacial score (nSPS) is 16.1. The molecule has 0 radical (unpaired) electrons. The lowest BCUT2D eigenvalue weighted by atomic mass is 10.1. The Kier molecular flexibility index (Phi) is 7.84. The SMILES string of the molecule is CCC(=O)Nc1ccc(N2CCN(C(=O)Nc3ccccc3F)CC2)c(C(=O)N2CCCCC2)c1. The summed E-state index contributed by atoms with van der Waals surface area (Å²) in [5.41, 5.74) is 2.11. The Morgan fingerprint density at radius 2 is 1.57 bits per heavy atom. The Morgan fingerprint density at radius 3 is 2.26 bits per heavy atom. The van der Waals surface area contributed by atoms with Gasteiger partial charge in [0, 0.05) is 57.1 Å². The summed E-state index contributed by atoms with van der Waals surface area (Å²) in [4.78, 5) is 43.6. The van der Waals surface area contributed by atoms with Crippen LogP contribution in [0.4, 0.5) is 26.2 Å². The lowest BCUT2D eigenvalue weighted by Crippen LogP contribution is -2.50. The number of nitrogens with zero attached hydrogens (tertiary/aromatic N) is 3. The average Bonchev–Trinajstić information content (AvgIpc) is 2.90. The molecule has 2 N–H and O–H groups in total. The number of para-hydroxylation sites is 1. The molecule has 2 aromatic carbocycles. The number of hydrogen-bond acceptors (Lipinski definition) is 4. The van der Waals surface area contributed by atoms with Gasteiger partial charge in [0.25, 0.3) is 5.91 Å². The van der Waals surface area contributed by atoms with E-state index in [1.807, 2.05) is 17.0 Å². The van der Waals surface area contributed by atoms with Crippen LogP contribution in [0, 0.1) is 5.82 Å². The third-order valence-electron chi connectivity index (χ3n) is 6.50. The Bertz CT molecular complexity index is 1080. The number of likely N-dealkylation sites (tertiary alicyclic amines) is 1. The van der Waals surface area contributed by atoms with Gasteiger partial charge in [0.05, 0.1) is 11.3 Å². The van der Waals surface area contributed by atoms with Crippen molar-refractivity contribution in [3.63, 3.8) is 0 Å². The van der Waals surface area contributed by atoms with Crippen molar-refractivity contribution in [1.82, 2.24) is 9.80 Å². The third-order valence-corrected chi connectivity index (χ3v) is 6.50. The van der Waals surface area contributed by atoms with E-state index in [1.54, 1.807) is 30.0 Å². The van der Waals surface area contributed by atoms with E-state index in [9.17, 15) is 18.8 Å². The van der Waals surface area contributed by atoms with Crippen molar-refractivity contribution in [3.05, 3.63) is 53.8 Å². The summed E-state index contributed by atoms with van der Waals surface area (Å²) in [6.45, 7) is 5.18. The molecule has 2 heterocycles. The highest BCUT2D eigenvalue weighted by molar-refractivity contribution is 6.02. The summed E-state index contributed by atoms with van der Waals surface area (Å²) < 4.78 is 13.9. The molecule has 2 aliphatic rings. The fourth-order valence-electron chi connectivity index (χ4n) is 4.48. The van der Waals surface area contributed by atoms with E-state index in [4.69, 9.17) is 0 Å². The zero-order valence-corrected chi connectivity index (χ0v) is 20.1. The molecule has 2 saturated heterocycles. The number of urea groups is 1. The zero-order valence-electron chi connectivity index (χ0n) is 20.1. The fourth-order valence-corrected chi connectivity index (χ4v) is 4.48. The number of carbonyl (C=O) groups excluding carboxylic acids is 3. The number of hydrogen-bond donors (Lipinski definition) is 2. The average molecular weight is 482 g/mol. The number of benzene rings is 2. The van der Waals surface area contributed by atoms with E-state index in [2.05, 4.69) is 15.5 Å². The number of amides is 4. The van der Waals surface area contributed by atoms with Crippen LogP contribution in [0.5, 0.6) is 0 Å². The minimum Gasteiger partial charge on any atom is -0.367 e. The molecule has 4 rings (SSSR count). The van der Waals surface area contributed by atoms with Crippen LogP contribution in [-0.4, -0.2) is 66.9 Å². The summed E-state index contributed by atoms with van der Waals surface area (Å²) in [7, 11) is 0. The van der Waals surface area contributed by atoms with E-state index < -0.39 is 5.82 Å². The predicted molar refractivity (Wildman–Crippen MR) is 134 cm³/mol. The van der Waals surface area contributed by atoms with Gasteiger partial charge in [0.1, 0.15) is 5.82 Å². The number of piperazine rings is 1. The highest BCUT2D eigenvalue weighted by Crippen LogP contribution is 2.28. The molecule has 0 saturated carbocycles. The molecule has 2 aromatic rings. The van der Waals surface area contributed by atoms with Gasteiger partial charge in [-0.15, -0.1) is 0 Å².